The standard InChI is InChI=1S/C11H17N3O/c1-5-11(15)13-6-7-14(9(2)3)10(8-13)12-4/h5,9-10H,1,6-8H2,2-3H3. The van der Waals surface area contributed by atoms with Crippen LogP contribution in [-0.2, 0) is 4.79 Å². The van der Waals surface area contributed by atoms with Gasteiger partial charge in [-0.3, -0.25) is 9.64 Å². The summed E-state index contributed by atoms with van der Waals surface area (Å²) >= 11 is 0. The van der Waals surface area contributed by atoms with Gasteiger partial charge in [-0.1, -0.05) is 6.58 Å². The lowest BCUT2D eigenvalue weighted by Crippen LogP contribution is -2.55. The minimum atomic E-state index is -0.206. The van der Waals surface area contributed by atoms with E-state index in [1.54, 1.807) is 4.90 Å². The molecule has 82 valence electrons. The molecule has 1 saturated heterocycles. The van der Waals surface area contributed by atoms with E-state index in [-0.39, 0.29) is 12.1 Å². The maximum absolute atomic E-state index is 11.4. The third-order valence-corrected chi connectivity index (χ3v) is 2.69. The monoisotopic (exact) mass is 207 g/mol. The third kappa shape index (κ3) is 2.57. The molecule has 4 nitrogen and oxygen atoms in total. The average molecular weight is 207 g/mol. The molecule has 0 saturated carbocycles. The summed E-state index contributed by atoms with van der Waals surface area (Å²) in [5.74, 6) is -0.0768. The smallest absolute Gasteiger partial charge is 0.297 e. The maximum Gasteiger partial charge on any atom is 0.297 e. The van der Waals surface area contributed by atoms with Gasteiger partial charge in [0.25, 0.3) is 6.17 Å². The van der Waals surface area contributed by atoms with Gasteiger partial charge < -0.3 is 4.90 Å². The van der Waals surface area contributed by atoms with Crippen molar-refractivity contribution in [2.75, 3.05) is 19.6 Å². The van der Waals surface area contributed by atoms with Crippen LogP contribution in [0.3, 0.4) is 0 Å². The molecule has 1 atom stereocenters. The number of hydrogen-bond donors (Lipinski definition) is 0. The van der Waals surface area contributed by atoms with E-state index in [2.05, 4.69) is 30.2 Å². The lowest BCUT2D eigenvalue weighted by Gasteiger charge is -2.36. The van der Waals surface area contributed by atoms with Crippen molar-refractivity contribution >= 4 is 5.91 Å². The fourth-order valence-electron chi connectivity index (χ4n) is 1.83. The Bertz CT molecular complexity index is 293. The lowest BCUT2D eigenvalue weighted by atomic mass is 10.2. The molecule has 1 aliphatic rings. The van der Waals surface area contributed by atoms with E-state index in [4.69, 9.17) is 6.57 Å². The first kappa shape index (κ1) is 11.7. The number of rotatable bonds is 2. The van der Waals surface area contributed by atoms with Gasteiger partial charge in [-0.15, -0.1) is 0 Å². The van der Waals surface area contributed by atoms with Gasteiger partial charge in [-0.05, 0) is 19.9 Å². The number of piperazine rings is 1. The molecule has 0 radical (unpaired) electrons. The number of carbonyl (C=O) groups is 1. The Morgan fingerprint density at radius 3 is 2.73 bits per heavy atom. The number of hydrogen-bond acceptors (Lipinski definition) is 2. The molecular formula is C11H17N3O. The highest BCUT2D eigenvalue weighted by molar-refractivity contribution is 5.87. The number of nitrogens with zero attached hydrogens (tertiary/aromatic N) is 3. The summed E-state index contributed by atoms with van der Waals surface area (Å²) in [5.41, 5.74) is 0. The molecule has 0 bridgehead atoms. The zero-order valence-corrected chi connectivity index (χ0v) is 9.31. The van der Waals surface area contributed by atoms with E-state index < -0.39 is 0 Å². The highest BCUT2D eigenvalue weighted by atomic mass is 16.2. The van der Waals surface area contributed by atoms with Crippen LogP contribution in [0, 0.1) is 6.57 Å². The van der Waals surface area contributed by atoms with E-state index >= 15 is 0 Å². The van der Waals surface area contributed by atoms with Crippen LogP contribution in [-0.4, -0.2) is 47.5 Å². The van der Waals surface area contributed by atoms with Crippen molar-refractivity contribution in [1.29, 1.82) is 0 Å². The SMILES string of the molecule is [C-]#[N+]C1CN(C(=O)C=C)CCN1C(C)C. The van der Waals surface area contributed by atoms with Gasteiger partial charge in [-0.2, -0.15) is 0 Å². The highest BCUT2D eigenvalue weighted by Gasteiger charge is 2.33. The Hall–Kier alpha value is -1.34. The Balaban J connectivity index is 2.67. The van der Waals surface area contributed by atoms with Crippen LogP contribution >= 0.6 is 0 Å². The Kier molecular flexibility index (Phi) is 3.87. The van der Waals surface area contributed by atoms with Gasteiger partial charge in [0.05, 0.1) is 0 Å². The van der Waals surface area contributed by atoms with Crippen molar-refractivity contribution in [2.45, 2.75) is 26.1 Å². The van der Waals surface area contributed by atoms with E-state index in [1.807, 2.05) is 0 Å². The molecular weight excluding hydrogens is 190 g/mol. The van der Waals surface area contributed by atoms with Crippen molar-refractivity contribution in [3.8, 4) is 0 Å². The van der Waals surface area contributed by atoms with Crippen LogP contribution in [0.25, 0.3) is 4.85 Å². The largest absolute Gasteiger partial charge is 0.328 e. The van der Waals surface area contributed by atoms with Crippen LogP contribution in [0.15, 0.2) is 12.7 Å². The second kappa shape index (κ2) is 4.94. The summed E-state index contributed by atoms with van der Waals surface area (Å²) in [6, 6.07) is 0.352. The van der Waals surface area contributed by atoms with Gasteiger partial charge in [0.2, 0.25) is 5.91 Å². The summed E-state index contributed by atoms with van der Waals surface area (Å²) in [5, 5.41) is 0. The summed E-state index contributed by atoms with van der Waals surface area (Å²) in [7, 11) is 0. The van der Waals surface area contributed by atoms with Crippen molar-refractivity contribution in [3.05, 3.63) is 24.1 Å². The predicted octanol–water partition coefficient (Wildman–Crippen LogP) is 0.970. The van der Waals surface area contributed by atoms with Gasteiger partial charge >= 0.3 is 0 Å². The summed E-state index contributed by atoms with van der Waals surface area (Å²) in [4.78, 5) is 18.8. The molecule has 1 unspecified atom stereocenters. The minimum absolute atomic E-state index is 0.0768. The molecule has 0 spiro atoms. The van der Waals surface area contributed by atoms with Gasteiger partial charge in [0.15, 0.2) is 0 Å². The zero-order valence-electron chi connectivity index (χ0n) is 9.31. The van der Waals surface area contributed by atoms with E-state index in [0.717, 1.165) is 6.54 Å². The van der Waals surface area contributed by atoms with Crippen LogP contribution in [0.2, 0.25) is 0 Å². The molecule has 0 aliphatic carbocycles. The molecule has 1 amide bonds. The normalized spacial score (nSPS) is 22.5. The Labute approximate surface area is 91.0 Å². The molecule has 0 aromatic carbocycles. The van der Waals surface area contributed by atoms with Crippen molar-refractivity contribution in [3.63, 3.8) is 0 Å². The van der Waals surface area contributed by atoms with Crippen LogP contribution in [0.4, 0.5) is 0 Å². The fraction of sp³-hybridized carbons (Fsp3) is 0.636. The first-order valence-electron chi connectivity index (χ1n) is 5.13. The topological polar surface area (TPSA) is 27.9 Å². The molecule has 1 rings (SSSR count). The molecule has 1 heterocycles. The highest BCUT2D eigenvalue weighted by Crippen LogP contribution is 2.14. The molecule has 1 aliphatic heterocycles. The lowest BCUT2D eigenvalue weighted by molar-refractivity contribution is -0.128. The van der Waals surface area contributed by atoms with E-state index in [1.165, 1.54) is 6.08 Å². The van der Waals surface area contributed by atoms with Crippen LogP contribution in [0.1, 0.15) is 13.8 Å². The first-order valence-corrected chi connectivity index (χ1v) is 5.13. The fourth-order valence-corrected chi connectivity index (χ4v) is 1.83. The maximum atomic E-state index is 11.4. The zero-order chi connectivity index (χ0) is 11.4. The molecule has 0 N–H and O–H groups in total. The second-order valence-electron chi connectivity index (χ2n) is 3.93. The van der Waals surface area contributed by atoms with Crippen molar-refractivity contribution in [2.24, 2.45) is 0 Å². The molecule has 0 aromatic heterocycles. The van der Waals surface area contributed by atoms with Gasteiger partial charge in [0.1, 0.15) is 6.54 Å². The second-order valence-corrected chi connectivity index (χ2v) is 3.93. The summed E-state index contributed by atoms with van der Waals surface area (Å²) < 4.78 is 0. The van der Waals surface area contributed by atoms with Crippen LogP contribution in [0.5, 0.6) is 0 Å². The quantitative estimate of drug-likeness (QED) is 0.498. The Morgan fingerprint density at radius 1 is 1.60 bits per heavy atom. The van der Waals surface area contributed by atoms with E-state index in [9.17, 15) is 4.79 Å². The minimum Gasteiger partial charge on any atom is -0.328 e. The van der Waals surface area contributed by atoms with Gasteiger partial charge in [-0.25, -0.2) is 11.5 Å². The molecule has 15 heavy (non-hydrogen) atoms. The molecule has 0 aromatic rings. The van der Waals surface area contributed by atoms with Crippen molar-refractivity contribution in [1.82, 2.24) is 9.80 Å². The number of carbonyl (C=O) groups excluding carboxylic acids is 1. The summed E-state index contributed by atoms with van der Waals surface area (Å²) in [6.07, 6.45) is 1.11. The predicted molar refractivity (Wildman–Crippen MR) is 59.0 cm³/mol. The first-order chi connectivity index (χ1) is 7.10. The van der Waals surface area contributed by atoms with Crippen molar-refractivity contribution < 1.29 is 4.79 Å². The number of amides is 1. The summed E-state index contributed by atoms with van der Waals surface area (Å²) in [6.45, 7) is 16.7. The average Bonchev–Trinajstić information content (AvgIpc) is 2.26. The van der Waals surface area contributed by atoms with Gasteiger partial charge in [0, 0.05) is 19.1 Å². The molecule has 1 fully saturated rings. The Morgan fingerprint density at radius 2 is 2.27 bits per heavy atom. The molecule has 4 heteroatoms. The third-order valence-electron chi connectivity index (χ3n) is 2.69. The van der Waals surface area contributed by atoms with E-state index in [0.29, 0.717) is 19.1 Å². The van der Waals surface area contributed by atoms with Crippen LogP contribution < -0.4 is 0 Å².